The van der Waals surface area contributed by atoms with Crippen LogP contribution in [0.3, 0.4) is 0 Å². The molecule has 1 aliphatic heterocycles. The molecule has 0 radical (unpaired) electrons. The topological polar surface area (TPSA) is 12.0 Å². The molecule has 24 heavy (non-hydrogen) atoms. The van der Waals surface area contributed by atoms with Crippen molar-refractivity contribution in [3.8, 4) is 0 Å². The molecule has 0 aromatic heterocycles. The van der Waals surface area contributed by atoms with E-state index in [1.165, 1.54) is 6.07 Å². The highest BCUT2D eigenvalue weighted by Gasteiger charge is 2.25. The molecule has 2 aromatic rings. The van der Waals surface area contributed by atoms with Gasteiger partial charge in [-0.2, -0.15) is 0 Å². The fraction of sp³-hybridized carbons (Fsp3) is 0.238. The van der Waals surface area contributed by atoms with Crippen LogP contribution in [0.5, 0.6) is 0 Å². The largest absolute Gasteiger partial charge is 0.358 e. The average Bonchev–Trinajstić information content (AvgIpc) is 2.60. The van der Waals surface area contributed by atoms with Gasteiger partial charge in [0.25, 0.3) is 0 Å². The fourth-order valence-corrected chi connectivity index (χ4v) is 3.00. The molecular formula is C21H23ClFN. The minimum atomic E-state index is -0.328. The zero-order chi connectivity index (χ0) is 17.7. The van der Waals surface area contributed by atoms with Crippen molar-refractivity contribution in [1.29, 1.82) is 0 Å². The SMILES string of the molecule is C=C1NC(c2c(F)cccc2Cl)=C(c2ccccc2)CC1C.CC. The number of hydrogen-bond acceptors (Lipinski definition) is 1. The molecule has 1 nitrogen and oxygen atoms in total. The normalized spacial score (nSPS) is 17.0. The third-order valence-electron chi connectivity index (χ3n) is 4.03. The third kappa shape index (κ3) is 3.70. The first-order valence-corrected chi connectivity index (χ1v) is 8.64. The van der Waals surface area contributed by atoms with Gasteiger partial charge in [-0.1, -0.05) is 75.3 Å². The van der Waals surface area contributed by atoms with E-state index in [4.69, 9.17) is 11.6 Å². The molecule has 3 heteroatoms. The predicted molar refractivity (Wildman–Crippen MR) is 102 cm³/mol. The number of nitrogens with one attached hydrogen (secondary N) is 1. The Bertz CT molecular complexity index is 729. The average molecular weight is 344 g/mol. The molecule has 0 spiro atoms. The second-order valence-corrected chi connectivity index (χ2v) is 5.98. The monoisotopic (exact) mass is 343 g/mol. The summed E-state index contributed by atoms with van der Waals surface area (Å²) in [6.45, 7) is 10.2. The maximum absolute atomic E-state index is 14.4. The molecule has 1 atom stereocenters. The molecule has 1 heterocycles. The molecule has 2 aromatic carbocycles. The van der Waals surface area contributed by atoms with Crippen LogP contribution in [0.2, 0.25) is 5.02 Å². The van der Waals surface area contributed by atoms with E-state index in [-0.39, 0.29) is 11.7 Å². The molecule has 0 saturated carbocycles. The van der Waals surface area contributed by atoms with Crippen LogP contribution in [0.25, 0.3) is 11.3 Å². The van der Waals surface area contributed by atoms with Crippen LogP contribution in [-0.4, -0.2) is 0 Å². The summed E-state index contributed by atoms with van der Waals surface area (Å²) in [5.74, 6) is -0.0460. The summed E-state index contributed by atoms with van der Waals surface area (Å²) in [5.41, 5.74) is 4.15. The van der Waals surface area contributed by atoms with Gasteiger partial charge < -0.3 is 5.32 Å². The maximum Gasteiger partial charge on any atom is 0.134 e. The van der Waals surface area contributed by atoms with Gasteiger partial charge in [0.2, 0.25) is 0 Å². The quantitative estimate of drug-likeness (QED) is 0.654. The minimum Gasteiger partial charge on any atom is -0.358 e. The summed E-state index contributed by atoms with van der Waals surface area (Å²) in [6.07, 6.45) is 0.801. The van der Waals surface area contributed by atoms with Crippen LogP contribution >= 0.6 is 11.6 Å². The van der Waals surface area contributed by atoms with Crippen LogP contribution in [0.15, 0.2) is 60.8 Å². The van der Waals surface area contributed by atoms with Gasteiger partial charge in [-0.25, -0.2) is 4.39 Å². The lowest BCUT2D eigenvalue weighted by Gasteiger charge is -2.29. The number of halogens is 2. The number of rotatable bonds is 2. The number of hydrogen-bond donors (Lipinski definition) is 1. The molecule has 0 amide bonds. The van der Waals surface area contributed by atoms with E-state index in [9.17, 15) is 4.39 Å². The van der Waals surface area contributed by atoms with Crippen molar-refractivity contribution in [3.63, 3.8) is 0 Å². The van der Waals surface area contributed by atoms with E-state index in [0.717, 1.165) is 29.0 Å². The van der Waals surface area contributed by atoms with Gasteiger partial charge >= 0.3 is 0 Å². The second kappa shape index (κ2) is 8.16. The number of benzene rings is 2. The summed E-state index contributed by atoms with van der Waals surface area (Å²) in [4.78, 5) is 0. The molecular weight excluding hydrogens is 321 g/mol. The van der Waals surface area contributed by atoms with E-state index in [2.05, 4.69) is 18.8 Å². The Kier molecular flexibility index (Phi) is 6.22. The van der Waals surface area contributed by atoms with Crippen molar-refractivity contribution >= 4 is 22.9 Å². The molecule has 1 unspecified atom stereocenters. The molecule has 3 rings (SSSR count). The first-order valence-electron chi connectivity index (χ1n) is 8.26. The molecule has 0 aliphatic carbocycles. The molecule has 126 valence electrons. The van der Waals surface area contributed by atoms with Crippen molar-refractivity contribution in [2.75, 3.05) is 0 Å². The van der Waals surface area contributed by atoms with Crippen molar-refractivity contribution in [2.45, 2.75) is 27.2 Å². The molecule has 0 saturated heterocycles. The smallest absolute Gasteiger partial charge is 0.134 e. The Balaban J connectivity index is 0.00000100. The van der Waals surface area contributed by atoms with Crippen LogP contribution in [0.1, 0.15) is 38.3 Å². The first-order chi connectivity index (χ1) is 11.6. The van der Waals surface area contributed by atoms with Crippen LogP contribution in [0.4, 0.5) is 4.39 Å². The summed E-state index contributed by atoms with van der Waals surface area (Å²) >= 11 is 6.26. The first kappa shape index (κ1) is 18.3. The van der Waals surface area contributed by atoms with E-state index in [0.29, 0.717) is 10.6 Å². The Labute approximate surface area is 148 Å². The van der Waals surface area contributed by atoms with Gasteiger partial charge in [0.15, 0.2) is 0 Å². The fourth-order valence-electron chi connectivity index (χ4n) is 2.74. The summed E-state index contributed by atoms with van der Waals surface area (Å²) in [5, 5.41) is 3.67. The molecule has 1 aliphatic rings. The second-order valence-electron chi connectivity index (χ2n) is 5.57. The highest BCUT2D eigenvalue weighted by molar-refractivity contribution is 6.32. The lowest BCUT2D eigenvalue weighted by molar-refractivity contribution is 0.615. The van der Waals surface area contributed by atoms with E-state index in [1.807, 2.05) is 44.2 Å². The third-order valence-corrected chi connectivity index (χ3v) is 4.34. The highest BCUT2D eigenvalue weighted by atomic mass is 35.5. The van der Waals surface area contributed by atoms with Crippen LogP contribution in [-0.2, 0) is 0 Å². The van der Waals surface area contributed by atoms with Crippen LogP contribution < -0.4 is 5.32 Å². The maximum atomic E-state index is 14.4. The van der Waals surface area contributed by atoms with Gasteiger partial charge in [-0.05, 0) is 35.6 Å². The van der Waals surface area contributed by atoms with Crippen molar-refractivity contribution in [3.05, 3.63) is 82.8 Å². The lowest BCUT2D eigenvalue weighted by atomic mass is 9.86. The summed E-state index contributed by atoms with van der Waals surface area (Å²) in [6, 6.07) is 14.8. The van der Waals surface area contributed by atoms with Crippen LogP contribution in [0, 0.1) is 11.7 Å². The van der Waals surface area contributed by atoms with Gasteiger partial charge in [-0.3, -0.25) is 0 Å². The molecule has 0 bridgehead atoms. The minimum absolute atomic E-state index is 0.282. The van der Waals surface area contributed by atoms with E-state index >= 15 is 0 Å². The van der Waals surface area contributed by atoms with Crippen molar-refractivity contribution < 1.29 is 4.39 Å². The zero-order valence-corrected chi connectivity index (χ0v) is 15.1. The lowest BCUT2D eigenvalue weighted by Crippen LogP contribution is -2.24. The van der Waals surface area contributed by atoms with Gasteiger partial charge in [0, 0.05) is 5.70 Å². The Morgan fingerprint density at radius 3 is 2.38 bits per heavy atom. The predicted octanol–water partition coefficient (Wildman–Crippen LogP) is 6.52. The highest BCUT2D eigenvalue weighted by Crippen LogP contribution is 2.39. The zero-order valence-electron chi connectivity index (χ0n) is 14.4. The Morgan fingerprint density at radius 2 is 1.75 bits per heavy atom. The Hall–Kier alpha value is -2.06. The Morgan fingerprint density at radius 1 is 1.08 bits per heavy atom. The van der Waals surface area contributed by atoms with E-state index < -0.39 is 0 Å². The summed E-state index contributed by atoms with van der Waals surface area (Å²) in [7, 11) is 0. The molecule has 1 N–H and O–H groups in total. The standard InChI is InChI=1S/C19H17ClFN.C2H6/c1-12-11-15(14-7-4-3-5-8-14)19(22-13(12)2)18-16(20)9-6-10-17(18)21;1-2/h3-10,12,22H,2,11H2,1H3;1-2H3. The van der Waals surface area contributed by atoms with Gasteiger partial charge in [-0.15, -0.1) is 0 Å². The number of allylic oxidation sites excluding steroid dienone is 2. The summed E-state index contributed by atoms with van der Waals surface area (Å²) < 4.78 is 14.4. The van der Waals surface area contributed by atoms with Gasteiger partial charge in [0.05, 0.1) is 16.3 Å². The van der Waals surface area contributed by atoms with E-state index in [1.54, 1.807) is 12.1 Å². The molecule has 0 fully saturated rings. The van der Waals surface area contributed by atoms with Crippen molar-refractivity contribution in [1.82, 2.24) is 5.32 Å². The van der Waals surface area contributed by atoms with Crippen molar-refractivity contribution in [2.24, 2.45) is 5.92 Å². The van der Waals surface area contributed by atoms with Gasteiger partial charge in [0.1, 0.15) is 5.82 Å².